The third kappa shape index (κ3) is 2.64. The van der Waals surface area contributed by atoms with Gasteiger partial charge in [0.05, 0.1) is 8.07 Å². The zero-order valence-corrected chi connectivity index (χ0v) is 9.18. The van der Waals surface area contributed by atoms with E-state index in [1.165, 1.54) is 17.3 Å². The molecular formula is C10H16FNSi. The summed E-state index contributed by atoms with van der Waals surface area (Å²) in [7, 11) is -1.39. The van der Waals surface area contributed by atoms with Crippen molar-refractivity contribution in [2.45, 2.75) is 19.1 Å². The van der Waals surface area contributed by atoms with Gasteiger partial charge in [-0.25, -0.2) is 4.39 Å². The molecule has 2 N–H and O–H groups in total. The first kappa shape index (κ1) is 10.4. The van der Waals surface area contributed by atoms with Crippen molar-refractivity contribution >= 4 is 13.3 Å². The van der Waals surface area contributed by atoms with E-state index in [4.69, 9.17) is 5.73 Å². The second kappa shape index (κ2) is 4.02. The molecule has 0 aliphatic heterocycles. The lowest BCUT2D eigenvalue weighted by Crippen LogP contribution is -2.42. The van der Waals surface area contributed by atoms with E-state index < -0.39 is 8.07 Å². The maximum atomic E-state index is 12.7. The van der Waals surface area contributed by atoms with Gasteiger partial charge in [0.2, 0.25) is 0 Å². The SMILES string of the molecule is C[Si](C)(CCN)c1ccc(F)cc1. The molecule has 1 aromatic rings. The zero-order chi connectivity index (χ0) is 9.90. The molecule has 0 spiro atoms. The minimum Gasteiger partial charge on any atom is -0.331 e. The molecule has 0 unspecified atom stereocenters. The molecule has 0 aliphatic rings. The average Bonchev–Trinajstić information content (AvgIpc) is 2.05. The summed E-state index contributed by atoms with van der Waals surface area (Å²) in [6.07, 6.45) is 0. The van der Waals surface area contributed by atoms with Gasteiger partial charge in [-0.2, -0.15) is 0 Å². The molecule has 3 heteroatoms. The van der Waals surface area contributed by atoms with E-state index in [1.807, 2.05) is 12.1 Å². The lowest BCUT2D eigenvalue weighted by molar-refractivity contribution is 0.628. The van der Waals surface area contributed by atoms with Crippen molar-refractivity contribution in [3.05, 3.63) is 30.1 Å². The van der Waals surface area contributed by atoms with Crippen LogP contribution in [0.25, 0.3) is 0 Å². The predicted octanol–water partition coefficient (Wildman–Crippen LogP) is 1.70. The van der Waals surface area contributed by atoms with Crippen LogP contribution in [0.15, 0.2) is 24.3 Å². The molecule has 0 saturated heterocycles. The maximum absolute atomic E-state index is 12.7. The summed E-state index contributed by atoms with van der Waals surface area (Å²) in [5.74, 6) is -0.165. The van der Waals surface area contributed by atoms with Crippen molar-refractivity contribution in [3.63, 3.8) is 0 Å². The van der Waals surface area contributed by atoms with Gasteiger partial charge in [-0.15, -0.1) is 0 Å². The summed E-state index contributed by atoms with van der Waals surface area (Å²) in [5.41, 5.74) is 5.54. The predicted molar refractivity (Wildman–Crippen MR) is 57.4 cm³/mol. The van der Waals surface area contributed by atoms with Crippen LogP contribution in [0.1, 0.15) is 0 Å². The number of hydrogen-bond acceptors (Lipinski definition) is 1. The van der Waals surface area contributed by atoms with Gasteiger partial charge < -0.3 is 5.73 Å². The van der Waals surface area contributed by atoms with Gasteiger partial charge in [0, 0.05) is 0 Å². The molecule has 0 fully saturated rings. The first-order valence-corrected chi connectivity index (χ1v) is 7.73. The van der Waals surface area contributed by atoms with E-state index >= 15 is 0 Å². The molecule has 0 atom stereocenters. The maximum Gasteiger partial charge on any atom is 0.123 e. The lowest BCUT2D eigenvalue weighted by atomic mass is 10.3. The highest BCUT2D eigenvalue weighted by atomic mass is 28.3. The third-order valence-electron chi connectivity index (χ3n) is 2.40. The molecule has 0 amide bonds. The molecule has 0 aromatic heterocycles. The van der Waals surface area contributed by atoms with E-state index in [0.717, 1.165) is 12.6 Å². The number of rotatable bonds is 3. The van der Waals surface area contributed by atoms with Gasteiger partial charge >= 0.3 is 0 Å². The first-order chi connectivity index (χ1) is 6.06. The van der Waals surface area contributed by atoms with Gasteiger partial charge in [-0.1, -0.05) is 30.4 Å². The Morgan fingerprint density at radius 3 is 2.23 bits per heavy atom. The Balaban J connectivity index is 2.87. The minimum absolute atomic E-state index is 0.165. The van der Waals surface area contributed by atoms with Crippen LogP contribution < -0.4 is 10.9 Å². The van der Waals surface area contributed by atoms with Crippen molar-refractivity contribution in [2.24, 2.45) is 5.73 Å². The quantitative estimate of drug-likeness (QED) is 0.733. The minimum atomic E-state index is -1.39. The van der Waals surface area contributed by atoms with Gasteiger partial charge in [0.15, 0.2) is 0 Å². The standard InChI is InChI=1S/C10H16FNSi/c1-13(2,8-7-12)10-5-3-9(11)4-6-10/h3-6H,7-8,12H2,1-2H3. The van der Waals surface area contributed by atoms with Crippen molar-refractivity contribution in [1.82, 2.24) is 0 Å². The summed E-state index contributed by atoms with van der Waals surface area (Å²) in [4.78, 5) is 0. The van der Waals surface area contributed by atoms with Crippen molar-refractivity contribution in [1.29, 1.82) is 0 Å². The molecule has 0 bridgehead atoms. The fraction of sp³-hybridized carbons (Fsp3) is 0.400. The van der Waals surface area contributed by atoms with Crippen molar-refractivity contribution in [2.75, 3.05) is 6.54 Å². The van der Waals surface area contributed by atoms with Gasteiger partial charge in [-0.05, 0) is 24.7 Å². The van der Waals surface area contributed by atoms with E-state index in [1.54, 1.807) is 0 Å². The normalized spacial score (nSPS) is 11.7. The average molecular weight is 197 g/mol. The first-order valence-electron chi connectivity index (χ1n) is 4.52. The fourth-order valence-electron chi connectivity index (χ4n) is 1.41. The summed E-state index contributed by atoms with van der Waals surface area (Å²) in [6.45, 7) is 5.23. The molecule has 1 nitrogen and oxygen atoms in total. The summed E-state index contributed by atoms with van der Waals surface area (Å²) in [6, 6.07) is 7.88. The lowest BCUT2D eigenvalue weighted by Gasteiger charge is -2.21. The molecule has 1 aromatic carbocycles. The Morgan fingerprint density at radius 1 is 1.23 bits per heavy atom. The fourth-order valence-corrected chi connectivity index (χ4v) is 3.49. The highest BCUT2D eigenvalue weighted by Crippen LogP contribution is 2.08. The van der Waals surface area contributed by atoms with Crippen LogP contribution in [0.5, 0.6) is 0 Å². The largest absolute Gasteiger partial charge is 0.331 e. The number of nitrogens with two attached hydrogens (primary N) is 1. The molecule has 72 valence electrons. The van der Waals surface area contributed by atoms with Gasteiger partial charge in [0.25, 0.3) is 0 Å². The van der Waals surface area contributed by atoms with Crippen molar-refractivity contribution < 1.29 is 4.39 Å². The molecule has 0 aliphatic carbocycles. The summed E-state index contributed by atoms with van der Waals surface area (Å²) >= 11 is 0. The highest BCUT2D eigenvalue weighted by Gasteiger charge is 2.21. The van der Waals surface area contributed by atoms with E-state index in [9.17, 15) is 4.39 Å². The van der Waals surface area contributed by atoms with Crippen LogP contribution in [-0.4, -0.2) is 14.6 Å². The van der Waals surface area contributed by atoms with E-state index in [0.29, 0.717) is 0 Å². The molecule has 0 heterocycles. The second-order valence-electron chi connectivity index (χ2n) is 3.93. The smallest absolute Gasteiger partial charge is 0.123 e. The Labute approximate surface area is 79.8 Å². The molecule has 1 rings (SSSR count). The Bertz CT molecular complexity index is 269. The van der Waals surface area contributed by atoms with Gasteiger partial charge in [-0.3, -0.25) is 0 Å². The van der Waals surface area contributed by atoms with Crippen LogP contribution in [0.3, 0.4) is 0 Å². The van der Waals surface area contributed by atoms with E-state index in [2.05, 4.69) is 13.1 Å². The van der Waals surface area contributed by atoms with Crippen LogP contribution in [0.2, 0.25) is 19.1 Å². The van der Waals surface area contributed by atoms with Gasteiger partial charge in [0.1, 0.15) is 5.82 Å². The molecule has 13 heavy (non-hydrogen) atoms. The second-order valence-corrected chi connectivity index (χ2v) is 8.77. The number of halogens is 1. The van der Waals surface area contributed by atoms with Crippen LogP contribution in [-0.2, 0) is 0 Å². The topological polar surface area (TPSA) is 26.0 Å². The third-order valence-corrected chi connectivity index (χ3v) is 5.83. The molecular weight excluding hydrogens is 181 g/mol. The van der Waals surface area contributed by atoms with Crippen LogP contribution >= 0.6 is 0 Å². The molecule has 0 saturated carbocycles. The summed E-state index contributed by atoms with van der Waals surface area (Å²) < 4.78 is 12.7. The number of hydrogen-bond donors (Lipinski definition) is 1. The van der Waals surface area contributed by atoms with E-state index in [-0.39, 0.29) is 5.82 Å². The Morgan fingerprint density at radius 2 is 1.77 bits per heavy atom. The zero-order valence-electron chi connectivity index (χ0n) is 8.18. The van der Waals surface area contributed by atoms with Crippen LogP contribution in [0, 0.1) is 5.82 Å². The van der Waals surface area contributed by atoms with Crippen molar-refractivity contribution in [3.8, 4) is 0 Å². The Hall–Kier alpha value is -0.673. The highest BCUT2D eigenvalue weighted by molar-refractivity contribution is 6.89. The Kier molecular flexibility index (Phi) is 3.22. The van der Waals surface area contributed by atoms with Crippen LogP contribution in [0.4, 0.5) is 4.39 Å². The summed E-state index contributed by atoms with van der Waals surface area (Å²) in [5, 5.41) is 1.28. The molecule has 0 radical (unpaired) electrons. The number of benzene rings is 1. The monoisotopic (exact) mass is 197 g/mol.